The maximum atomic E-state index is 14.7. The number of amides is 4. The van der Waals surface area contributed by atoms with Gasteiger partial charge < -0.3 is 25.2 Å². The van der Waals surface area contributed by atoms with Crippen molar-refractivity contribution in [3.63, 3.8) is 0 Å². The Morgan fingerprint density at radius 3 is 2.24 bits per heavy atom. The van der Waals surface area contributed by atoms with Gasteiger partial charge in [0.25, 0.3) is 0 Å². The molecule has 0 spiro atoms. The molecule has 0 saturated carbocycles. The molecule has 2 aromatic carbocycles. The highest BCUT2D eigenvalue weighted by molar-refractivity contribution is 6.08. The third-order valence-corrected chi connectivity index (χ3v) is 7.02. The standard InChI is InChI=1S/C29H30F2N6O4/c30-19-2-4-20(5-3-19)33-27(38)18-28(39)34-25-7-6-22(16-24(25)31)41-23-8-11-32-26(17-23)35-29(40)37-14-9-21(10-15-37)36-12-1-13-36/h2-8,11,16-17,21H,1,9-10,12-15,18H2,(H,33,38)(H,34,39)(H,32,35,40). The third-order valence-electron chi connectivity index (χ3n) is 7.02. The van der Waals surface area contributed by atoms with Gasteiger partial charge in [-0.05, 0) is 74.8 Å². The minimum absolute atomic E-state index is 0.127. The Balaban J connectivity index is 1.11. The van der Waals surface area contributed by atoms with Crippen molar-refractivity contribution in [3.05, 3.63) is 72.4 Å². The van der Waals surface area contributed by atoms with Crippen LogP contribution in [0.3, 0.4) is 0 Å². The zero-order valence-corrected chi connectivity index (χ0v) is 22.2. The number of anilines is 3. The summed E-state index contributed by atoms with van der Waals surface area (Å²) < 4.78 is 33.4. The summed E-state index contributed by atoms with van der Waals surface area (Å²) in [6, 6.07) is 12.4. The number of pyridine rings is 1. The predicted molar refractivity (Wildman–Crippen MR) is 149 cm³/mol. The quantitative estimate of drug-likeness (QED) is 0.338. The molecule has 0 unspecified atom stereocenters. The van der Waals surface area contributed by atoms with Crippen molar-refractivity contribution in [3.8, 4) is 11.5 Å². The van der Waals surface area contributed by atoms with Crippen LogP contribution in [0.15, 0.2) is 60.8 Å². The summed E-state index contributed by atoms with van der Waals surface area (Å²) in [4.78, 5) is 45.4. The van der Waals surface area contributed by atoms with Gasteiger partial charge in [-0.15, -0.1) is 0 Å². The van der Waals surface area contributed by atoms with E-state index in [1.54, 1.807) is 11.0 Å². The average Bonchev–Trinajstić information content (AvgIpc) is 2.91. The zero-order valence-electron chi connectivity index (χ0n) is 22.2. The molecule has 2 aliphatic heterocycles. The largest absolute Gasteiger partial charge is 0.457 e. The van der Waals surface area contributed by atoms with Gasteiger partial charge in [-0.25, -0.2) is 18.6 Å². The summed E-state index contributed by atoms with van der Waals surface area (Å²) in [6.07, 6.45) is 4.07. The molecule has 3 heterocycles. The van der Waals surface area contributed by atoms with Gasteiger partial charge in [-0.3, -0.25) is 14.9 Å². The van der Waals surface area contributed by atoms with Gasteiger partial charge in [-0.1, -0.05) is 0 Å². The monoisotopic (exact) mass is 564 g/mol. The van der Waals surface area contributed by atoms with E-state index in [0.717, 1.165) is 32.0 Å². The number of rotatable bonds is 8. The summed E-state index contributed by atoms with van der Waals surface area (Å²) in [5, 5.41) is 7.61. The topological polar surface area (TPSA) is 116 Å². The molecule has 3 N–H and O–H groups in total. The van der Waals surface area contributed by atoms with Crippen LogP contribution in [0.1, 0.15) is 25.7 Å². The first-order valence-corrected chi connectivity index (χ1v) is 13.4. The number of benzene rings is 2. The van der Waals surface area contributed by atoms with Gasteiger partial charge in [-0.2, -0.15) is 0 Å². The second-order valence-corrected chi connectivity index (χ2v) is 9.94. The van der Waals surface area contributed by atoms with E-state index in [4.69, 9.17) is 4.74 Å². The van der Waals surface area contributed by atoms with Crippen LogP contribution in [-0.4, -0.2) is 64.9 Å². The molecule has 4 amide bonds. The first-order valence-electron chi connectivity index (χ1n) is 13.4. The van der Waals surface area contributed by atoms with Crippen molar-refractivity contribution in [1.29, 1.82) is 0 Å². The van der Waals surface area contributed by atoms with Crippen LogP contribution < -0.4 is 20.7 Å². The van der Waals surface area contributed by atoms with E-state index in [9.17, 15) is 23.2 Å². The Bertz CT molecular complexity index is 1410. The van der Waals surface area contributed by atoms with Crippen LogP contribution >= 0.6 is 0 Å². The highest BCUT2D eigenvalue weighted by Crippen LogP contribution is 2.27. The lowest BCUT2D eigenvalue weighted by molar-refractivity contribution is -0.123. The van der Waals surface area contributed by atoms with Crippen molar-refractivity contribution in [2.24, 2.45) is 0 Å². The number of carbonyl (C=O) groups excluding carboxylic acids is 3. The molecule has 0 bridgehead atoms. The van der Waals surface area contributed by atoms with E-state index in [0.29, 0.717) is 36.4 Å². The molecule has 2 saturated heterocycles. The molecular weight excluding hydrogens is 534 g/mol. The molecule has 12 heteroatoms. The molecule has 0 aliphatic carbocycles. The minimum Gasteiger partial charge on any atom is -0.457 e. The van der Waals surface area contributed by atoms with Crippen LogP contribution in [-0.2, 0) is 9.59 Å². The van der Waals surface area contributed by atoms with Gasteiger partial charge in [0.05, 0.1) is 5.69 Å². The first kappa shape index (κ1) is 28.0. The Morgan fingerprint density at radius 1 is 0.854 bits per heavy atom. The molecule has 0 radical (unpaired) electrons. The number of hydrogen-bond donors (Lipinski definition) is 3. The lowest BCUT2D eigenvalue weighted by Gasteiger charge is -2.42. The average molecular weight is 565 g/mol. The van der Waals surface area contributed by atoms with Crippen LogP contribution in [0.25, 0.3) is 0 Å². The number of likely N-dealkylation sites (tertiary alicyclic amines) is 2. The van der Waals surface area contributed by atoms with E-state index >= 15 is 0 Å². The molecule has 1 aromatic heterocycles. The number of halogens is 2. The summed E-state index contributed by atoms with van der Waals surface area (Å²) in [6.45, 7) is 3.66. The maximum Gasteiger partial charge on any atom is 0.323 e. The van der Waals surface area contributed by atoms with E-state index in [1.807, 2.05) is 0 Å². The molecule has 10 nitrogen and oxygen atoms in total. The number of piperidine rings is 1. The van der Waals surface area contributed by atoms with E-state index in [-0.39, 0.29) is 17.5 Å². The van der Waals surface area contributed by atoms with E-state index in [1.165, 1.54) is 55.1 Å². The van der Waals surface area contributed by atoms with Crippen molar-refractivity contribution in [2.75, 3.05) is 42.1 Å². The highest BCUT2D eigenvalue weighted by Gasteiger charge is 2.29. The Kier molecular flexibility index (Phi) is 8.68. The molecule has 214 valence electrons. The highest BCUT2D eigenvalue weighted by atomic mass is 19.1. The number of ether oxygens (including phenoxy) is 1. The lowest BCUT2D eigenvalue weighted by Crippen LogP contribution is -2.51. The molecule has 5 rings (SSSR count). The number of nitrogens with zero attached hydrogens (tertiary/aromatic N) is 3. The third kappa shape index (κ3) is 7.54. The molecule has 3 aromatic rings. The molecule has 2 fully saturated rings. The maximum absolute atomic E-state index is 14.7. The molecule has 0 atom stereocenters. The normalized spacial score (nSPS) is 15.5. The van der Waals surface area contributed by atoms with E-state index in [2.05, 4.69) is 25.8 Å². The zero-order chi connectivity index (χ0) is 28.8. The fraction of sp³-hybridized carbons (Fsp3) is 0.310. The summed E-state index contributed by atoms with van der Waals surface area (Å²) in [5.41, 5.74) is 0.204. The SMILES string of the molecule is O=C(CC(=O)Nc1ccc(Oc2ccnc(NC(=O)N3CCC(N4CCC4)CC3)c2)cc1F)Nc1ccc(F)cc1. The molecular formula is C29H30F2N6O4. The van der Waals surface area contributed by atoms with E-state index < -0.39 is 29.9 Å². The number of hydrogen-bond acceptors (Lipinski definition) is 6. The van der Waals surface area contributed by atoms with Crippen LogP contribution in [0.5, 0.6) is 11.5 Å². The number of nitrogens with one attached hydrogen (secondary N) is 3. The van der Waals surface area contributed by atoms with Crippen molar-refractivity contribution < 1.29 is 27.9 Å². The fourth-order valence-electron chi connectivity index (χ4n) is 4.75. The predicted octanol–water partition coefficient (Wildman–Crippen LogP) is 4.82. The summed E-state index contributed by atoms with van der Waals surface area (Å²) in [7, 11) is 0. The van der Waals surface area contributed by atoms with Crippen molar-refractivity contribution in [1.82, 2.24) is 14.8 Å². The van der Waals surface area contributed by atoms with Gasteiger partial charge in [0.1, 0.15) is 35.4 Å². The number of carbonyl (C=O) groups is 3. The van der Waals surface area contributed by atoms with Crippen molar-refractivity contribution >= 4 is 35.0 Å². The second kappa shape index (κ2) is 12.7. The van der Waals surface area contributed by atoms with Crippen LogP contribution in [0.2, 0.25) is 0 Å². The van der Waals surface area contributed by atoms with Crippen molar-refractivity contribution in [2.45, 2.75) is 31.7 Å². The Morgan fingerprint density at radius 2 is 1.56 bits per heavy atom. The number of aromatic nitrogens is 1. The summed E-state index contributed by atoms with van der Waals surface area (Å²) in [5.74, 6) is -1.78. The second-order valence-electron chi connectivity index (χ2n) is 9.94. The first-order chi connectivity index (χ1) is 19.8. The van der Waals surface area contributed by atoms with Crippen LogP contribution in [0, 0.1) is 11.6 Å². The molecule has 2 aliphatic rings. The molecule has 41 heavy (non-hydrogen) atoms. The lowest BCUT2D eigenvalue weighted by atomic mass is 10.00. The van der Waals surface area contributed by atoms with Gasteiger partial charge >= 0.3 is 6.03 Å². The van der Waals surface area contributed by atoms with Gasteiger partial charge in [0.15, 0.2) is 0 Å². The Labute approximate surface area is 235 Å². The fourth-order valence-corrected chi connectivity index (χ4v) is 4.75. The van der Waals surface area contributed by atoms with Gasteiger partial charge in [0.2, 0.25) is 11.8 Å². The number of urea groups is 1. The van der Waals surface area contributed by atoms with Crippen LogP contribution in [0.4, 0.5) is 30.8 Å². The smallest absolute Gasteiger partial charge is 0.323 e. The Hall–Kier alpha value is -4.58. The summed E-state index contributed by atoms with van der Waals surface area (Å²) >= 11 is 0. The minimum atomic E-state index is -0.765. The van der Waals surface area contributed by atoms with Gasteiger partial charge in [0, 0.05) is 43.1 Å².